The number of amides is 1. The van der Waals surface area contributed by atoms with Crippen LogP contribution in [0, 0.1) is 0 Å². The largest absolute Gasteiger partial charge is 0.298 e. The Balaban J connectivity index is 1.88. The van der Waals surface area contributed by atoms with Crippen molar-refractivity contribution in [3.8, 4) is 0 Å². The molecule has 2 aromatic rings. The minimum atomic E-state index is -0.922. The summed E-state index contributed by atoms with van der Waals surface area (Å²) in [5.74, 6) is 0.257. The molecule has 0 spiro atoms. The van der Waals surface area contributed by atoms with E-state index in [1.807, 2.05) is 25.1 Å². The number of nitrogens with one attached hydrogen (secondary N) is 1. The lowest BCUT2D eigenvalue weighted by Gasteiger charge is -2.33. The van der Waals surface area contributed by atoms with Crippen LogP contribution in [0.15, 0.2) is 63.1 Å². The van der Waals surface area contributed by atoms with Crippen molar-refractivity contribution in [1.82, 2.24) is 10.3 Å². The quantitative estimate of drug-likeness (QED) is 0.736. The molecule has 2 aliphatic rings. The van der Waals surface area contributed by atoms with Crippen molar-refractivity contribution in [3.05, 3.63) is 69.1 Å². The number of Topliss-reactive ketones (excluding diaryl/α,β-unsaturated/α-hetero) is 1. The topological polar surface area (TPSA) is 74.1 Å². The number of hydrazone groups is 1. The van der Waals surface area contributed by atoms with E-state index in [0.29, 0.717) is 27.0 Å². The van der Waals surface area contributed by atoms with Crippen LogP contribution in [0.2, 0.25) is 0 Å². The summed E-state index contributed by atoms with van der Waals surface area (Å²) in [5, 5.41) is 10.5. The van der Waals surface area contributed by atoms with Gasteiger partial charge in [-0.2, -0.15) is 0 Å². The first kappa shape index (κ1) is 17.9. The number of halogens is 1. The zero-order chi connectivity index (χ0) is 19.0. The molecule has 0 saturated carbocycles. The molecule has 0 aromatic heterocycles. The first-order chi connectivity index (χ1) is 13.1. The third kappa shape index (κ3) is 3.30. The minimum Gasteiger partial charge on any atom is -0.298 e. The number of thioether (sulfide) groups is 1. The smallest absolute Gasteiger partial charge is 0.276 e. The maximum atomic E-state index is 13.2. The number of para-hydroxylation sites is 1. The second-order valence-corrected chi connectivity index (χ2v) is 8.04. The Kier molecular flexibility index (Phi) is 4.84. The van der Waals surface area contributed by atoms with Crippen LogP contribution in [0.25, 0.3) is 5.70 Å². The number of rotatable bonds is 3. The van der Waals surface area contributed by atoms with E-state index in [0.717, 1.165) is 10.2 Å². The molecule has 1 unspecified atom stereocenters. The summed E-state index contributed by atoms with van der Waals surface area (Å²) in [4.78, 5) is 30.6. The number of fused-ring (bicyclic) bond motifs is 2. The standard InChI is InChI=1S/C19H15BrN4O2S/c1-2-27-19-22-18(26)15-13-5-3-4-6-14(13)21-17(24(15)23-19)16(25)11-7-9-12(20)10-8-11/h3-10,17H,2H2,1H3,(H,22,23,26). The van der Waals surface area contributed by atoms with Crippen LogP contribution in [0.1, 0.15) is 17.3 Å². The fraction of sp³-hybridized carbons (Fsp3) is 0.158. The van der Waals surface area contributed by atoms with Crippen molar-refractivity contribution >= 4 is 50.2 Å². The number of hydrogen-bond acceptors (Lipinski definition) is 6. The van der Waals surface area contributed by atoms with E-state index in [9.17, 15) is 9.59 Å². The molecule has 0 aliphatic carbocycles. The van der Waals surface area contributed by atoms with E-state index in [2.05, 4.69) is 31.3 Å². The molecule has 1 atom stereocenters. The van der Waals surface area contributed by atoms with Crippen LogP contribution in [-0.4, -0.2) is 33.8 Å². The molecular formula is C19H15BrN4O2S. The van der Waals surface area contributed by atoms with E-state index < -0.39 is 6.17 Å². The average Bonchev–Trinajstić information content (AvgIpc) is 2.67. The second kappa shape index (κ2) is 7.28. The third-order valence-corrected chi connectivity index (χ3v) is 5.43. The van der Waals surface area contributed by atoms with Crippen LogP contribution in [0.4, 0.5) is 0 Å². The summed E-state index contributed by atoms with van der Waals surface area (Å²) in [6.07, 6.45) is -0.922. The molecule has 0 saturated heterocycles. The summed E-state index contributed by atoms with van der Waals surface area (Å²) in [7, 11) is 0. The molecule has 8 heteroatoms. The van der Waals surface area contributed by atoms with E-state index in [4.69, 9.17) is 0 Å². The zero-order valence-electron chi connectivity index (χ0n) is 14.3. The summed E-state index contributed by atoms with van der Waals surface area (Å²) in [6, 6.07) is 14.4. The number of amidine groups is 1. The predicted molar refractivity (Wildman–Crippen MR) is 108 cm³/mol. The van der Waals surface area contributed by atoms with E-state index in [1.54, 1.807) is 30.3 Å². The Hall–Kier alpha value is -2.45. The second-order valence-electron chi connectivity index (χ2n) is 5.88. The van der Waals surface area contributed by atoms with E-state index in [-0.39, 0.29) is 11.7 Å². The summed E-state index contributed by atoms with van der Waals surface area (Å²) in [6.45, 7) is 1.97. The molecule has 2 heterocycles. The molecule has 1 N–H and O–H groups in total. The lowest BCUT2D eigenvalue weighted by Crippen LogP contribution is -2.54. The number of carbonyl (C=O) groups excluding carboxylic acids is 2. The molecule has 4 rings (SSSR count). The Morgan fingerprint density at radius 1 is 1.22 bits per heavy atom. The predicted octanol–water partition coefficient (Wildman–Crippen LogP) is 1.86. The van der Waals surface area contributed by atoms with Gasteiger partial charge < -0.3 is 0 Å². The van der Waals surface area contributed by atoms with E-state index in [1.165, 1.54) is 16.8 Å². The SMILES string of the molecule is CCSC1=NN2C(=c3ccccc3=NC2C(=O)c2ccc(Br)cc2)C(=O)N1. The fourth-order valence-electron chi connectivity index (χ4n) is 2.96. The average molecular weight is 443 g/mol. The van der Waals surface area contributed by atoms with Crippen LogP contribution >= 0.6 is 27.7 Å². The van der Waals surface area contributed by atoms with Crippen molar-refractivity contribution < 1.29 is 9.59 Å². The molecule has 136 valence electrons. The molecule has 0 fully saturated rings. The van der Waals surface area contributed by atoms with Gasteiger partial charge in [-0.05, 0) is 24.0 Å². The van der Waals surface area contributed by atoms with Crippen LogP contribution in [0.5, 0.6) is 0 Å². The van der Waals surface area contributed by atoms with Crippen molar-refractivity contribution in [1.29, 1.82) is 0 Å². The monoisotopic (exact) mass is 442 g/mol. The van der Waals surface area contributed by atoms with Gasteiger partial charge in [0, 0.05) is 15.3 Å². The summed E-state index contributed by atoms with van der Waals surface area (Å²) in [5.41, 5.74) is 0.855. The highest BCUT2D eigenvalue weighted by molar-refractivity contribution is 9.10. The molecule has 2 aliphatic heterocycles. The number of carbonyl (C=O) groups is 2. The Labute approximate surface area is 168 Å². The molecule has 6 nitrogen and oxygen atoms in total. The third-order valence-electron chi connectivity index (χ3n) is 4.16. The summed E-state index contributed by atoms with van der Waals surface area (Å²) >= 11 is 4.78. The van der Waals surface area contributed by atoms with Gasteiger partial charge in [0.1, 0.15) is 5.70 Å². The molecule has 2 aromatic carbocycles. The van der Waals surface area contributed by atoms with Crippen molar-refractivity contribution in [2.75, 3.05) is 5.75 Å². The van der Waals surface area contributed by atoms with E-state index >= 15 is 0 Å². The van der Waals surface area contributed by atoms with Crippen molar-refractivity contribution in [2.45, 2.75) is 13.1 Å². The molecule has 0 radical (unpaired) electrons. The van der Waals surface area contributed by atoms with Gasteiger partial charge in [-0.3, -0.25) is 14.9 Å². The lowest BCUT2D eigenvalue weighted by atomic mass is 10.1. The Morgan fingerprint density at radius 3 is 2.70 bits per heavy atom. The summed E-state index contributed by atoms with van der Waals surface area (Å²) < 4.78 is 0.884. The fourth-order valence-corrected chi connectivity index (χ4v) is 3.81. The highest BCUT2D eigenvalue weighted by Gasteiger charge is 2.37. The van der Waals surface area contributed by atoms with Crippen LogP contribution in [0.3, 0.4) is 0 Å². The molecule has 27 heavy (non-hydrogen) atoms. The minimum absolute atomic E-state index is 0.214. The number of ketones is 1. The van der Waals surface area contributed by atoms with Crippen molar-refractivity contribution in [3.63, 3.8) is 0 Å². The highest BCUT2D eigenvalue weighted by Crippen LogP contribution is 2.23. The lowest BCUT2D eigenvalue weighted by molar-refractivity contribution is -0.115. The number of hydrogen-bond donors (Lipinski definition) is 1. The first-order valence-corrected chi connectivity index (χ1v) is 10.2. The highest BCUT2D eigenvalue weighted by atomic mass is 79.9. The van der Waals surface area contributed by atoms with Gasteiger partial charge in [-0.25, -0.2) is 10.0 Å². The molecule has 0 bridgehead atoms. The van der Waals surface area contributed by atoms with Gasteiger partial charge in [-0.1, -0.05) is 64.9 Å². The van der Waals surface area contributed by atoms with Gasteiger partial charge in [0.05, 0.1) is 5.36 Å². The number of nitrogens with zero attached hydrogens (tertiary/aromatic N) is 3. The Bertz CT molecular complexity index is 1080. The Morgan fingerprint density at radius 2 is 1.96 bits per heavy atom. The van der Waals surface area contributed by atoms with Crippen LogP contribution < -0.4 is 15.9 Å². The molecule has 1 amide bonds. The first-order valence-electron chi connectivity index (χ1n) is 8.37. The maximum Gasteiger partial charge on any atom is 0.276 e. The zero-order valence-corrected chi connectivity index (χ0v) is 16.8. The maximum absolute atomic E-state index is 13.2. The van der Waals surface area contributed by atoms with Gasteiger partial charge in [0.15, 0.2) is 5.17 Å². The van der Waals surface area contributed by atoms with Gasteiger partial charge >= 0.3 is 0 Å². The molecular weight excluding hydrogens is 428 g/mol. The van der Waals surface area contributed by atoms with Gasteiger partial charge in [0.2, 0.25) is 11.9 Å². The van der Waals surface area contributed by atoms with Gasteiger partial charge in [0.25, 0.3) is 5.91 Å². The van der Waals surface area contributed by atoms with Gasteiger partial charge in [-0.15, -0.1) is 5.10 Å². The normalized spacial score (nSPS) is 18.1. The van der Waals surface area contributed by atoms with Crippen LogP contribution in [-0.2, 0) is 4.79 Å². The van der Waals surface area contributed by atoms with Crippen molar-refractivity contribution in [2.24, 2.45) is 10.1 Å². The number of benzene rings is 2.